The Kier molecular flexibility index (Phi) is 16.4. The molecule has 5 rings (SSSR count). The van der Waals surface area contributed by atoms with Crippen LogP contribution in [-0.4, -0.2) is 20.9 Å². The molecule has 5 heteroatoms. The van der Waals surface area contributed by atoms with E-state index in [1.165, 1.54) is 16.8 Å². The summed E-state index contributed by atoms with van der Waals surface area (Å²) < 4.78 is 0. The van der Waals surface area contributed by atoms with Crippen molar-refractivity contribution in [1.29, 1.82) is 0 Å². The van der Waals surface area contributed by atoms with Crippen LogP contribution in [0.25, 0.3) is 33.3 Å². The molecule has 4 nitrogen and oxygen atoms in total. The van der Waals surface area contributed by atoms with Crippen LogP contribution in [0.4, 0.5) is 0 Å². The standard InChI is InChI=1S/C30H24N2.C13H24O2.Ir/c1-3-12-23(13-4-1)29-21-11-19-26(31-29)17-8-9-18-27-22-25-16-7-10-20-28(25)30(32-27)24-14-5-2-6-15-24;1-5-10(6-2)12(14)9-13(15)11(7-3)8-4;/h1-7,10-12,14,16,19-22H,8-9,17-18H2;9-11,14H,5-8H2,1-4H3;/q-2;;/b;12-9-;. The maximum atomic E-state index is 11.7. The van der Waals surface area contributed by atoms with E-state index < -0.39 is 0 Å². The van der Waals surface area contributed by atoms with Gasteiger partial charge in [0.05, 0.1) is 5.76 Å². The van der Waals surface area contributed by atoms with Gasteiger partial charge in [-0.3, -0.25) is 4.79 Å². The number of pyridine rings is 2. The molecule has 0 bridgehead atoms. The molecule has 1 radical (unpaired) electrons. The van der Waals surface area contributed by atoms with E-state index in [1.54, 1.807) is 0 Å². The summed E-state index contributed by atoms with van der Waals surface area (Å²) in [4.78, 5) is 21.6. The Morgan fingerprint density at radius 1 is 0.708 bits per heavy atom. The number of nitrogens with zero attached hydrogens (tertiary/aromatic N) is 2. The number of aliphatic hydroxyl groups excluding tert-OH is 1. The predicted molar refractivity (Wildman–Crippen MR) is 195 cm³/mol. The van der Waals surface area contributed by atoms with Crippen molar-refractivity contribution in [2.24, 2.45) is 11.8 Å². The van der Waals surface area contributed by atoms with Gasteiger partial charge in [0.15, 0.2) is 5.78 Å². The number of carbonyl (C=O) groups excluding carboxylic acids is 1. The quantitative estimate of drug-likeness (QED) is 0.0525. The SMILES string of the molecule is CCC(CC)C(=O)/C=C(\O)C(CC)CC.[Ir].[c-]1ccccc1-c1cccc(CCCCc2cc3ccccc3c(-c3[c-]cccc3)n2)n1. The smallest absolute Gasteiger partial charge is 0.162 e. The summed E-state index contributed by atoms with van der Waals surface area (Å²) in [5.74, 6) is 0.547. The zero-order chi connectivity index (χ0) is 33.4. The van der Waals surface area contributed by atoms with Crippen molar-refractivity contribution in [3.63, 3.8) is 0 Å². The molecule has 0 saturated carbocycles. The predicted octanol–water partition coefficient (Wildman–Crippen LogP) is 11.0. The van der Waals surface area contributed by atoms with Crippen molar-refractivity contribution in [2.45, 2.75) is 79.1 Å². The van der Waals surface area contributed by atoms with Gasteiger partial charge in [-0.1, -0.05) is 64.1 Å². The number of hydrogen-bond acceptors (Lipinski definition) is 4. The maximum Gasteiger partial charge on any atom is 0.162 e. The molecule has 0 aliphatic carbocycles. The van der Waals surface area contributed by atoms with E-state index in [0.717, 1.165) is 85.3 Å². The fourth-order valence-electron chi connectivity index (χ4n) is 5.84. The fourth-order valence-corrected chi connectivity index (χ4v) is 5.84. The van der Waals surface area contributed by atoms with Crippen molar-refractivity contribution in [2.75, 3.05) is 0 Å². The molecular weight excluding hydrogens is 769 g/mol. The number of rotatable bonds is 14. The number of hydrogen-bond donors (Lipinski definition) is 1. The second kappa shape index (κ2) is 20.4. The molecule has 3 aromatic carbocycles. The summed E-state index contributed by atoms with van der Waals surface area (Å²) in [6, 6.07) is 39.6. The molecule has 0 aliphatic rings. The molecule has 5 aromatic rings. The second-order valence-electron chi connectivity index (χ2n) is 12.0. The van der Waals surface area contributed by atoms with Crippen molar-refractivity contribution in [3.8, 4) is 22.5 Å². The monoisotopic (exact) mass is 817 g/mol. The van der Waals surface area contributed by atoms with Crippen LogP contribution >= 0.6 is 0 Å². The van der Waals surface area contributed by atoms with E-state index in [0.29, 0.717) is 0 Å². The summed E-state index contributed by atoms with van der Waals surface area (Å²) in [5.41, 5.74) is 6.36. The van der Waals surface area contributed by atoms with Crippen molar-refractivity contribution >= 4 is 16.6 Å². The van der Waals surface area contributed by atoms with Crippen LogP contribution in [-0.2, 0) is 37.7 Å². The molecule has 0 saturated heterocycles. The van der Waals surface area contributed by atoms with Crippen LogP contribution in [0.1, 0.15) is 77.6 Å². The van der Waals surface area contributed by atoms with E-state index in [2.05, 4.69) is 72.8 Å². The van der Waals surface area contributed by atoms with Gasteiger partial charge in [0, 0.05) is 49.4 Å². The minimum Gasteiger partial charge on any atom is -0.512 e. The second-order valence-corrected chi connectivity index (χ2v) is 12.0. The van der Waals surface area contributed by atoms with Crippen molar-refractivity contribution in [1.82, 2.24) is 9.97 Å². The van der Waals surface area contributed by atoms with E-state index >= 15 is 0 Å². The Balaban J connectivity index is 0.000000334. The van der Waals surface area contributed by atoms with Gasteiger partial charge >= 0.3 is 0 Å². The first-order chi connectivity index (χ1) is 23.0. The number of unbranched alkanes of at least 4 members (excludes halogenated alkanes) is 1. The number of aliphatic hydroxyl groups is 1. The third-order valence-corrected chi connectivity index (χ3v) is 8.75. The van der Waals surface area contributed by atoms with Crippen LogP contribution in [0.15, 0.2) is 109 Å². The van der Waals surface area contributed by atoms with Crippen LogP contribution in [0.2, 0.25) is 0 Å². The van der Waals surface area contributed by atoms with Crippen LogP contribution in [0, 0.1) is 24.0 Å². The van der Waals surface area contributed by atoms with E-state index in [1.807, 2.05) is 64.1 Å². The maximum absolute atomic E-state index is 11.7. The topological polar surface area (TPSA) is 63.1 Å². The van der Waals surface area contributed by atoms with Gasteiger partial charge in [0.2, 0.25) is 0 Å². The van der Waals surface area contributed by atoms with Gasteiger partial charge in [-0.05, 0) is 85.7 Å². The molecular formula is C43H48IrN2O2-2. The normalized spacial score (nSPS) is 11.2. The molecule has 0 atom stereocenters. The minimum absolute atomic E-state index is 0. The minimum atomic E-state index is 0. The van der Waals surface area contributed by atoms with Crippen molar-refractivity contribution < 1.29 is 30.0 Å². The average molecular weight is 817 g/mol. The van der Waals surface area contributed by atoms with Crippen LogP contribution in [0.5, 0.6) is 0 Å². The number of allylic oxidation sites excluding steroid dienone is 2. The Bertz CT molecular complexity index is 1710. The Labute approximate surface area is 301 Å². The molecule has 253 valence electrons. The largest absolute Gasteiger partial charge is 0.512 e. The summed E-state index contributed by atoms with van der Waals surface area (Å²) >= 11 is 0. The van der Waals surface area contributed by atoms with Crippen molar-refractivity contribution in [3.05, 3.63) is 132 Å². The summed E-state index contributed by atoms with van der Waals surface area (Å²) in [6.45, 7) is 8.07. The first-order valence-electron chi connectivity index (χ1n) is 17.2. The zero-order valence-electron chi connectivity index (χ0n) is 28.7. The van der Waals surface area contributed by atoms with Gasteiger partial charge in [0.1, 0.15) is 0 Å². The molecule has 0 fully saturated rings. The first-order valence-corrected chi connectivity index (χ1v) is 17.2. The molecule has 0 aliphatic heterocycles. The number of aromatic nitrogens is 2. The van der Waals surface area contributed by atoms with Gasteiger partial charge < -0.3 is 15.1 Å². The zero-order valence-corrected chi connectivity index (χ0v) is 31.1. The number of ketones is 1. The van der Waals surface area contributed by atoms with Crippen LogP contribution in [0.3, 0.4) is 0 Å². The Morgan fingerprint density at radius 2 is 1.31 bits per heavy atom. The Hall–Kier alpha value is -3.92. The van der Waals surface area contributed by atoms with Crippen LogP contribution < -0.4 is 0 Å². The third-order valence-electron chi connectivity index (χ3n) is 8.75. The van der Waals surface area contributed by atoms with Gasteiger partial charge in [-0.25, -0.2) is 0 Å². The number of fused-ring (bicyclic) bond motifs is 1. The fraction of sp³-hybridized carbons (Fsp3) is 0.326. The van der Waals surface area contributed by atoms with E-state index in [-0.39, 0.29) is 43.5 Å². The third kappa shape index (κ3) is 11.1. The Morgan fingerprint density at radius 3 is 1.94 bits per heavy atom. The molecule has 2 heterocycles. The molecule has 0 spiro atoms. The number of aryl methyl sites for hydroxylation is 2. The number of benzene rings is 3. The average Bonchev–Trinajstić information content (AvgIpc) is 3.12. The molecule has 0 unspecified atom stereocenters. The van der Waals surface area contributed by atoms with Gasteiger partial charge in [-0.2, -0.15) is 0 Å². The molecule has 48 heavy (non-hydrogen) atoms. The molecule has 1 N–H and O–H groups in total. The summed E-state index contributed by atoms with van der Waals surface area (Å²) in [6.07, 6.45) is 8.98. The first kappa shape index (κ1) is 38.5. The van der Waals surface area contributed by atoms with Gasteiger partial charge in [0.25, 0.3) is 0 Å². The van der Waals surface area contributed by atoms with Gasteiger partial charge in [-0.15, -0.1) is 71.8 Å². The molecule has 2 aromatic heterocycles. The summed E-state index contributed by atoms with van der Waals surface area (Å²) in [5, 5.41) is 12.2. The van der Waals surface area contributed by atoms with E-state index in [9.17, 15) is 9.90 Å². The summed E-state index contributed by atoms with van der Waals surface area (Å²) in [7, 11) is 0. The van der Waals surface area contributed by atoms with E-state index in [4.69, 9.17) is 9.97 Å². The molecule has 0 amide bonds. The number of carbonyl (C=O) groups is 1.